The fraction of sp³-hybridized carbons (Fsp3) is 0.900. The number of hydrogen-bond acceptors (Lipinski definition) is 12. The molecule has 2 unspecified atom stereocenters. The molecule has 0 heterocycles. The maximum atomic E-state index is 16.1. The normalized spacial score (nSPS) is 21.9. The summed E-state index contributed by atoms with van der Waals surface area (Å²) >= 11 is 0. The van der Waals surface area contributed by atoms with E-state index in [1.165, 1.54) is 0 Å². The van der Waals surface area contributed by atoms with Crippen molar-refractivity contribution >= 4 is 35.3 Å². The second kappa shape index (κ2) is 40.6. The molecule has 72 heavy (non-hydrogen) atoms. The SMILES string of the molecule is CCCCCCCCC(=O)OC1(C(=O)CCCCCCCC)[C@@](OC(=O)CCCCCCCC)(C(=O)CCCCCCCC)[C@@H](O)C(O)[C@@H](O)[C@@]1(OC(=O)CCCCCCCC)C(=O)CCCCCCCC. The Bertz CT molecular complexity index is 1400. The summed E-state index contributed by atoms with van der Waals surface area (Å²) < 4.78 is 19.4. The summed E-state index contributed by atoms with van der Waals surface area (Å²) in [7, 11) is 0. The van der Waals surface area contributed by atoms with Crippen molar-refractivity contribution in [2.45, 2.75) is 346 Å². The average Bonchev–Trinajstić information content (AvgIpc) is 3.36. The Hall–Kier alpha value is -2.70. The molecule has 0 aliphatic heterocycles. The van der Waals surface area contributed by atoms with Crippen LogP contribution in [0.4, 0.5) is 0 Å². The van der Waals surface area contributed by atoms with Crippen LogP contribution in [-0.4, -0.2) is 85.7 Å². The number of unbranched alkanes of at least 4 members (excludes halogenated alkanes) is 30. The van der Waals surface area contributed by atoms with Crippen LogP contribution in [0.3, 0.4) is 0 Å². The van der Waals surface area contributed by atoms with Crippen molar-refractivity contribution in [1.82, 2.24) is 0 Å². The molecule has 12 nitrogen and oxygen atoms in total. The van der Waals surface area contributed by atoms with Gasteiger partial charge in [-0.05, 0) is 38.5 Å². The fourth-order valence-corrected chi connectivity index (χ4v) is 10.6. The highest BCUT2D eigenvalue weighted by molar-refractivity contribution is 6.10. The lowest BCUT2D eigenvalue weighted by Gasteiger charge is -2.61. The first-order valence-corrected chi connectivity index (χ1v) is 30.1. The van der Waals surface area contributed by atoms with E-state index in [4.69, 9.17) is 14.2 Å². The van der Waals surface area contributed by atoms with Gasteiger partial charge in [-0.2, -0.15) is 0 Å². The van der Waals surface area contributed by atoms with Crippen LogP contribution in [0.15, 0.2) is 0 Å². The fourth-order valence-electron chi connectivity index (χ4n) is 10.6. The van der Waals surface area contributed by atoms with Crippen LogP contribution in [0.1, 0.15) is 311 Å². The summed E-state index contributed by atoms with van der Waals surface area (Å²) in [6.45, 7) is 12.6. The van der Waals surface area contributed by atoms with Gasteiger partial charge in [0.1, 0.15) is 18.3 Å². The molecule has 0 saturated heterocycles. The molecule has 1 aliphatic carbocycles. The summed E-state index contributed by atoms with van der Waals surface area (Å²) in [5.74, 6) is -6.22. The van der Waals surface area contributed by atoms with Gasteiger partial charge in [0.25, 0.3) is 5.60 Å². The molecule has 0 radical (unpaired) electrons. The monoisotopic (exact) mass is 1020 g/mol. The number of aliphatic hydroxyl groups excluding tert-OH is 3. The molecular weight excluding hydrogens is 913 g/mol. The second-order valence-electron chi connectivity index (χ2n) is 21.3. The number of carbonyl (C=O) groups is 6. The third-order valence-corrected chi connectivity index (χ3v) is 15.0. The van der Waals surface area contributed by atoms with Crippen LogP contribution in [-0.2, 0) is 43.0 Å². The molecule has 0 aromatic carbocycles. The molecule has 0 spiro atoms. The summed E-state index contributed by atoms with van der Waals surface area (Å²) in [5.41, 5.74) is -9.99. The Kier molecular flexibility index (Phi) is 37.9. The first kappa shape index (κ1) is 67.3. The molecule has 0 aromatic rings. The topological polar surface area (TPSA) is 191 Å². The molecular formula is C60H108O12. The van der Waals surface area contributed by atoms with E-state index in [1.807, 2.05) is 0 Å². The number of hydrogen-bond donors (Lipinski definition) is 3. The Morgan fingerprint density at radius 3 is 0.764 bits per heavy atom. The zero-order chi connectivity index (χ0) is 53.5. The number of Topliss-reactive ketones (excluding diaryl/α,β-unsaturated/α-hetero) is 3. The van der Waals surface area contributed by atoms with E-state index in [2.05, 4.69) is 41.5 Å². The van der Waals surface area contributed by atoms with Crippen LogP contribution in [0.2, 0.25) is 0 Å². The van der Waals surface area contributed by atoms with E-state index in [0.29, 0.717) is 57.8 Å². The van der Waals surface area contributed by atoms with Gasteiger partial charge in [-0.3, -0.25) is 28.8 Å². The van der Waals surface area contributed by atoms with Gasteiger partial charge in [0.2, 0.25) is 11.2 Å². The average molecular weight is 1020 g/mol. The Morgan fingerprint density at radius 1 is 0.292 bits per heavy atom. The van der Waals surface area contributed by atoms with Crippen molar-refractivity contribution in [3.8, 4) is 0 Å². The molecule has 1 saturated carbocycles. The highest BCUT2D eigenvalue weighted by Crippen LogP contribution is 2.55. The number of aliphatic hydroxyl groups is 3. The van der Waals surface area contributed by atoms with Gasteiger partial charge in [-0.15, -0.1) is 0 Å². The number of ether oxygens (including phenoxy) is 3. The summed E-state index contributed by atoms with van der Waals surface area (Å²) in [6.07, 6.45) is 17.8. The van der Waals surface area contributed by atoms with Crippen molar-refractivity contribution in [3.05, 3.63) is 0 Å². The van der Waals surface area contributed by atoms with Gasteiger partial charge in [0, 0.05) is 38.5 Å². The lowest BCUT2D eigenvalue weighted by atomic mass is 9.53. The maximum Gasteiger partial charge on any atom is 0.307 e. The van der Waals surface area contributed by atoms with Gasteiger partial charge < -0.3 is 29.5 Å². The predicted octanol–water partition coefficient (Wildman–Crippen LogP) is 14.1. The smallest absolute Gasteiger partial charge is 0.307 e. The summed E-state index contributed by atoms with van der Waals surface area (Å²) in [6, 6.07) is 0. The summed E-state index contributed by atoms with van der Waals surface area (Å²) in [5, 5.41) is 37.9. The second-order valence-corrected chi connectivity index (χ2v) is 21.3. The van der Waals surface area contributed by atoms with E-state index in [0.717, 1.165) is 154 Å². The molecule has 1 fully saturated rings. The highest BCUT2D eigenvalue weighted by Gasteiger charge is 2.87. The van der Waals surface area contributed by atoms with Crippen LogP contribution >= 0.6 is 0 Å². The van der Waals surface area contributed by atoms with E-state index in [1.54, 1.807) is 0 Å². The lowest BCUT2D eigenvalue weighted by molar-refractivity contribution is -0.324. The zero-order valence-electron chi connectivity index (χ0n) is 46.9. The molecule has 12 heteroatoms. The van der Waals surface area contributed by atoms with Crippen LogP contribution in [0, 0.1) is 0 Å². The van der Waals surface area contributed by atoms with Crippen molar-refractivity contribution in [2.24, 2.45) is 0 Å². The molecule has 420 valence electrons. The molecule has 6 atom stereocenters. The van der Waals surface area contributed by atoms with E-state index in [9.17, 15) is 29.7 Å². The first-order chi connectivity index (χ1) is 34.8. The van der Waals surface area contributed by atoms with Crippen molar-refractivity contribution < 1.29 is 58.3 Å². The molecule has 3 N–H and O–H groups in total. The highest BCUT2D eigenvalue weighted by atomic mass is 16.7. The number of rotatable bonds is 48. The van der Waals surface area contributed by atoms with Crippen molar-refractivity contribution in [1.29, 1.82) is 0 Å². The number of esters is 3. The maximum absolute atomic E-state index is 16.1. The third-order valence-electron chi connectivity index (χ3n) is 15.0. The standard InChI is InChI=1S/C60H108O12/c1-7-13-19-25-31-37-43-49(61)58(70-52(64)46-40-34-28-22-16-10-4)56(68)55(67)57(69)59(50(62)44-38-32-26-20-14-8-2,71-53(65)47-41-35-29-23-17-11-5)60(58,51(63)45-39-33-27-21-15-9-3)72-54(66)48-42-36-30-24-18-12-6/h55-57,67-69H,7-48H2,1-6H3/t55?,56-,57+,58+,59-,60?. The van der Waals surface area contributed by atoms with Crippen molar-refractivity contribution in [2.75, 3.05) is 0 Å². The van der Waals surface area contributed by atoms with Gasteiger partial charge >= 0.3 is 17.9 Å². The van der Waals surface area contributed by atoms with Crippen LogP contribution in [0.25, 0.3) is 0 Å². The minimum Gasteiger partial charge on any atom is -0.443 e. The van der Waals surface area contributed by atoms with Crippen LogP contribution in [0.5, 0.6) is 0 Å². The minimum atomic E-state index is -3.41. The Labute approximate surface area is 438 Å². The lowest BCUT2D eigenvalue weighted by Crippen LogP contribution is -2.91. The van der Waals surface area contributed by atoms with Gasteiger partial charge in [0.05, 0.1) is 0 Å². The molecule has 0 aromatic heterocycles. The van der Waals surface area contributed by atoms with Crippen molar-refractivity contribution in [3.63, 3.8) is 0 Å². The van der Waals surface area contributed by atoms with Crippen LogP contribution < -0.4 is 0 Å². The van der Waals surface area contributed by atoms with Gasteiger partial charge in [-0.1, -0.05) is 234 Å². The first-order valence-electron chi connectivity index (χ1n) is 30.1. The van der Waals surface area contributed by atoms with E-state index < -0.39 is 89.6 Å². The van der Waals surface area contributed by atoms with E-state index in [-0.39, 0.29) is 38.5 Å². The molecule has 1 aliphatic rings. The number of ketones is 3. The van der Waals surface area contributed by atoms with Gasteiger partial charge in [-0.25, -0.2) is 0 Å². The Balaban J connectivity index is 4.51. The zero-order valence-corrected chi connectivity index (χ0v) is 46.9. The predicted molar refractivity (Wildman–Crippen MR) is 287 cm³/mol. The summed E-state index contributed by atoms with van der Waals surface area (Å²) in [4.78, 5) is 91.8. The largest absolute Gasteiger partial charge is 0.443 e. The molecule has 0 bridgehead atoms. The minimum absolute atomic E-state index is 0.189. The molecule has 0 amide bonds. The molecule has 1 rings (SSSR count). The Morgan fingerprint density at radius 2 is 0.500 bits per heavy atom. The number of carbonyl (C=O) groups excluding carboxylic acids is 6. The van der Waals surface area contributed by atoms with Gasteiger partial charge in [0.15, 0.2) is 17.3 Å². The quantitative estimate of drug-likeness (QED) is 0.0297. The third kappa shape index (κ3) is 21.9. The van der Waals surface area contributed by atoms with E-state index >= 15 is 14.4 Å².